The van der Waals surface area contributed by atoms with Gasteiger partial charge in [0.15, 0.2) is 0 Å². The minimum atomic E-state index is -1.06. The zero-order chi connectivity index (χ0) is 23.2. The van der Waals surface area contributed by atoms with Gasteiger partial charge in [0.2, 0.25) is 0 Å². The van der Waals surface area contributed by atoms with Crippen LogP contribution in [-0.4, -0.2) is 30.5 Å². The number of hydrogen-bond donors (Lipinski definition) is 0. The lowest BCUT2D eigenvalue weighted by molar-refractivity contribution is -0.153. The summed E-state index contributed by atoms with van der Waals surface area (Å²) in [6.07, 6.45) is 0.407. The smallest absolute Gasteiger partial charge is 0.319 e. The molecule has 0 aromatic heterocycles. The fraction of sp³-hybridized carbons (Fsp3) is 0.259. The third-order valence-corrected chi connectivity index (χ3v) is 6.92. The molecule has 2 atom stereocenters. The molecule has 0 spiro atoms. The number of halogens is 1. The number of ether oxygens (including phenoxy) is 2. The molecule has 0 fully saturated rings. The monoisotopic (exact) mass is 461 g/mol. The molecule has 5 rings (SSSR count). The minimum Gasteiger partial charge on any atom is -0.497 e. The molecule has 1 aliphatic heterocycles. The third-order valence-electron chi connectivity index (χ3n) is 6.68. The zero-order valence-electron chi connectivity index (χ0n) is 18.5. The molecule has 3 aromatic rings. The lowest BCUT2D eigenvalue weighted by atomic mass is 9.69. The van der Waals surface area contributed by atoms with E-state index >= 15 is 0 Å². The average molecular weight is 462 g/mol. The molecule has 3 aromatic carbocycles. The number of hydrogen-bond acceptors (Lipinski definition) is 4. The molecule has 168 valence electrons. The van der Waals surface area contributed by atoms with Crippen LogP contribution in [-0.2, 0) is 27.9 Å². The van der Waals surface area contributed by atoms with Gasteiger partial charge in [-0.3, -0.25) is 9.59 Å². The van der Waals surface area contributed by atoms with Crippen molar-refractivity contribution in [2.24, 2.45) is 0 Å². The highest BCUT2D eigenvalue weighted by Gasteiger charge is 2.61. The molecule has 0 saturated heterocycles. The van der Waals surface area contributed by atoms with Crippen molar-refractivity contribution in [2.45, 2.75) is 31.3 Å². The molecule has 0 radical (unpaired) electrons. The van der Waals surface area contributed by atoms with Gasteiger partial charge in [-0.05, 0) is 59.9 Å². The molecule has 5 nitrogen and oxygen atoms in total. The van der Waals surface area contributed by atoms with Crippen molar-refractivity contribution in [3.63, 3.8) is 0 Å². The van der Waals surface area contributed by atoms with E-state index in [-0.39, 0.29) is 18.5 Å². The summed E-state index contributed by atoms with van der Waals surface area (Å²) in [4.78, 5) is 29.5. The van der Waals surface area contributed by atoms with Crippen LogP contribution in [0.5, 0.6) is 5.75 Å². The first-order chi connectivity index (χ1) is 16.0. The molecule has 0 N–H and O–H groups in total. The lowest BCUT2D eigenvalue weighted by Crippen LogP contribution is -2.54. The molecule has 0 saturated carbocycles. The number of esters is 1. The maximum Gasteiger partial charge on any atom is 0.319 e. The van der Waals surface area contributed by atoms with Gasteiger partial charge >= 0.3 is 5.97 Å². The van der Waals surface area contributed by atoms with Crippen molar-refractivity contribution in [1.82, 2.24) is 4.90 Å². The Labute approximate surface area is 197 Å². The normalized spacial score (nSPS) is 20.6. The summed E-state index contributed by atoms with van der Waals surface area (Å²) >= 11 is 6.33. The Morgan fingerprint density at radius 2 is 1.91 bits per heavy atom. The first-order valence-corrected chi connectivity index (χ1v) is 11.4. The van der Waals surface area contributed by atoms with Gasteiger partial charge in [0.05, 0.1) is 19.8 Å². The molecule has 1 heterocycles. The highest BCUT2D eigenvalue weighted by atomic mass is 35.5. The molecular weight excluding hydrogens is 438 g/mol. The topological polar surface area (TPSA) is 55.8 Å². The predicted molar refractivity (Wildman–Crippen MR) is 126 cm³/mol. The molecule has 2 aliphatic rings. The van der Waals surface area contributed by atoms with E-state index in [0.29, 0.717) is 34.9 Å². The van der Waals surface area contributed by atoms with Gasteiger partial charge in [0, 0.05) is 17.1 Å². The maximum atomic E-state index is 13.9. The number of carbonyl (C=O) groups excluding carboxylic acids is 2. The fourth-order valence-corrected chi connectivity index (χ4v) is 5.51. The molecule has 6 heteroatoms. The number of methoxy groups -OCH3 is 1. The second-order valence-electron chi connectivity index (χ2n) is 8.44. The van der Waals surface area contributed by atoms with Gasteiger partial charge in [-0.1, -0.05) is 54.1 Å². The summed E-state index contributed by atoms with van der Waals surface area (Å²) in [7, 11) is 1.56. The summed E-state index contributed by atoms with van der Waals surface area (Å²) in [6.45, 7) is 2.42. The van der Waals surface area contributed by atoms with Crippen LogP contribution in [0.2, 0.25) is 5.02 Å². The number of amides is 1. The minimum absolute atomic E-state index is 0.138. The van der Waals surface area contributed by atoms with E-state index in [9.17, 15) is 9.59 Å². The Morgan fingerprint density at radius 1 is 1.12 bits per heavy atom. The van der Waals surface area contributed by atoms with Crippen LogP contribution in [0.25, 0.3) is 0 Å². The van der Waals surface area contributed by atoms with E-state index in [1.54, 1.807) is 31.1 Å². The summed E-state index contributed by atoms with van der Waals surface area (Å²) in [6, 6.07) is 20.3. The Balaban J connectivity index is 1.78. The van der Waals surface area contributed by atoms with E-state index in [2.05, 4.69) is 0 Å². The van der Waals surface area contributed by atoms with E-state index in [4.69, 9.17) is 21.1 Å². The molecular formula is C27H24ClNO4. The highest BCUT2D eigenvalue weighted by molar-refractivity contribution is 6.30. The number of rotatable bonds is 5. The van der Waals surface area contributed by atoms with Crippen LogP contribution in [0.3, 0.4) is 0 Å². The summed E-state index contributed by atoms with van der Waals surface area (Å²) in [5.74, 6) is 0.0950. The van der Waals surface area contributed by atoms with Crippen LogP contribution in [0.15, 0.2) is 66.7 Å². The highest BCUT2D eigenvalue weighted by Crippen LogP contribution is 2.56. The van der Waals surface area contributed by atoms with Gasteiger partial charge < -0.3 is 14.4 Å². The van der Waals surface area contributed by atoms with Crippen LogP contribution in [0.1, 0.15) is 45.6 Å². The lowest BCUT2D eigenvalue weighted by Gasteiger charge is -2.45. The van der Waals surface area contributed by atoms with Crippen LogP contribution in [0, 0.1) is 0 Å². The van der Waals surface area contributed by atoms with Gasteiger partial charge in [-0.2, -0.15) is 0 Å². The summed E-state index contributed by atoms with van der Waals surface area (Å²) < 4.78 is 11.1. The Kier molecular flexibility index (Phi) is 5.37. The SMILES string of the molecule is CCOC(=O)[C@]12Cc3cc(Cl)ccc3[C@H]1N(Cc1ccccc1)C(=O)c1cc(OC)ccc12. The van der Waals surface area contributed by atoms with Gasteiger partial charge in [0.1, 0.15) is 11.2 Å². The van der Waals surface area contributed by atoms with Crippen molar-refractivity contribution in [2.75, 3.05) is 13.7 Å². The van der Waals surface area contributed by atoms with Crippen LogP contribution < -0.4 is 4.74 Å². The van der Waals surface area contributed by atoms with E-state index < -0.39 is 11.5 Å². The summed E-state index contributed by atoms with van der Waals surface area (Å²) in [5, 5.41) is 0.599. The summed E-state index contributed by atoms with van der Waals surface area (Å²) in [5.41, 5.74) is 2.94. The number of carbonyl (C=O) groups is 2. The van der Waals surface area contributed by atoms with Crippen LogP contribution in [0.4, 0.5) is 0 Å². The fourth-order valence-electron chi connectivity index (χ4n) is 5.32. The van der Waals surface area contributed by atoms with Crippen LogP contribution >= 0.6 is 11.6 Å². The van der Waals surface area contributed by atoms with E-state index in [1.807, 2.05) is 54.6 Å². The molecule has 1 aliphatic carbocycles. The first-order valence-electron chi connectivity index (χ1n) is 11.0. The Bertz CT molecular complexity index is 1240. The van der Waals surface area contributed by atoms with E-state index in [0.717, 1.165) is 16.7 Å². The predicted octanol–water partition coefficient (Wildman–Crippen LogP) is 5.10. The van der Waals surface area contributed by atoms with Gasteiger partial charge in [-0.25, -0.2) is 0 Å². The molecule has 1 amide bonds. The standard InChI is InChI=1S/C27H24ClNO4/c1-3-33-26(31)27-15-18-13-19(28)9-11-21(18)24(27)29(16-17-7-5-4-6-8-17)25(30)22-14-20(32-2)10-12-23(22)27/h4-14,24H,3,15-16H2,1-2H3/t24-,27+/m1/s1. The van der Waals surface area contributed by atoms with Crippen molar-refractivity contribution in [3.8, 4) is 5.75 Å². The first kappa shape index (κ1) is 21.5. The molecule has 0 bridgehead atoms. The zero-order valence-corrected chi connectivity index (χ0v) is 19.3. The third kappa shape index (κ3) is 3.30. The second-order valence-corrected chi connectivity index (χ2v) is 8.88. The number of benzene rings is 3. The van der Waals surface area contributed by atoms with Crippen molar-refractivity contribution in [3.05, 3.63) is 99.6 Å². The largest absolute Gasteiger partial charge is 0.497 e. The molecule has 33 heavy (non-hydrogen) atoms. The van der Waals surface area contributed by atoms with Crippen molar-refractivity contribution >= 4 is 23.5 Å². The number of nitrogens with zero attached hydrogens (tertiary/aromatic N) is 1. The number of fused-ring (bicyclic) bond motifs is 5. The van der Waals surface area contributed by atoms with Crippen molar-refractivity contribution in [1.29, 1.82) is 0 Å². The Morgan fingerprint density at radius 3 is 2.64 bits per heavy atom. The second kappa shape index (κ2) is 8.23. The average Bonchev–Trinajstić information content (AvgIpc) is 3.17. The molecule has 0 unspecified atom stereocenters. The van der Waals surface area contributed by atoms with Gasteiger partial charge in [0.25, 0.3) is 5.91 Å². The van der Waals surface area contributed by atoms with Gasteiger partial charge in [-0.15, -0.1) is 0 Å². The maximum absolute atomic E-state index is 13.9. The quantitative estimate of drug-likeness (QED) is 0.496. The Hall–Kier alpha value is -3.31. The van der Waals surface area contributed by atoms with Crippen molar-refractivity contribution < 1.29 is 19.1 Å². The van der Waals surface area contributed by atoms with E-state index in [1.165, 1.54) is 0 Å².